The summed E-state index contributed by atoms with van der Waals surface area (Å²) in [5, 5.41) is 0. The summed E-state index contributed by atoms with van der Waals surface area (Å²) in [4.78, 5) is 0. The molecule has 2 bridgehead atoms. The summed E-state index contributed by atoms with van der Waals surface area (Å²) in [6.45, 7) is 1.94. The van der Waals surface area contributed by atoms with Gasteiger partial charge in [0.05, 0.1) is 12.2 Å². The predicted molar refractivity (Wildman–Crippen MR) is 33.9 cm³/mol. The van der Waals surface area contributed by atoms with Crippen LogP contribution in [0.25, 0.3) is 0 Å². The van der Waals surface area contributed by atoms with Gasteiger partial charge >= 0.3 is 0 Å². The summed E-state index contributed by atoms with van der Waals surface area (Å²) in [7, 11) is 0. The van der Waals surface area contributed by atoms with Gasteiger partial charge in [0.15, 0.2) is 0 Å². The number of rotatable bonds is 0. The van der Waals surface area contributed by atoms with E-state index in [4.69, 9.17) is 4.74 Å². The number of hydrazine groups is 1. The minimum Gasteiger partial charge on any atom is -0.372 e. The average molecular weight is 128 g/mol. The van der Waals surface area contributed by atoms with E-state index in [0.717, 1.165) is 13.1 Å². The lowest BCUT2D eigenvalue weighted by molar-refractivity contribution is 0.0633. The van der Waals surface area contributed by atoms with Gasteiger partial charge in [-0.25, -0.2) is 0 Å². The lowest BCUT2D eigenvalue weighted by atomic mass is 10.2. The normalized spacial score (nSPS) is 42.7. The highest BCUT2D eigenvalue weighted by atomic mass is 16.5. The van der Waals surface area contributed by atoms with Crippen LogP contribution in [0.5, 0.6) is 0 Å². The molecule has 3 heteroatoms. The molecule has 2 aliphatic rings. The Hall–Kier alpha value is -0.120. The number of nitrogens with one attached hydrogen (secondary N) is 2. The highest BCUT2D eigenvalue weighted by molar-refractivity contribution is 4.78. The molecule has 3 nitrogen and oxygen atoms in total. The molecule has 2 rings (SSSR count). The van der Waals surface area contributed by atoms with Gasteiger partial charge in [0.2, 0.25) is 0 Å². The quantitative estimate of drug-likeness (QED) is 0.467. The van der Waals surface area contributed by atoms with Crippen molar-refractivity contribution in [2.24, 2.45) is 0 Å². The second kappa shape index (κ2) is 2.25. The highest BCUT2D eigenvalue weighted by Gasteiger charge is 2.26. The lowest BCUT2D eigenvalue weighted by Gasteiger charge is -2.06. The Labute approximate surface area is 54.7 Å². The average Bonchev–Trinajstić information content (AvgIpc) is 2.09. The van der Waals surface area contributed by atoms with Gasteiger partial charge in [-0.15, -0.1) is 0 Å². The first kappa shape index (κ1) is 5.65. The molecule has 0 aromatic heterocycles. The maximum absolute atomic E-state index is 5.60. The smallest absolute Gasteiger partial charge is 0.0718 e. The van der Waals surface area contributed by atoms with Crippen LogP contribution in [0.2, 0.25) is 0 Å². The monoisotopic (exact) mass is 128 g/mol. The Kier molecular flexibility index (Phi) is 1.41. The van der Waals surface area contributed by atoms with E-state index in [1.54, 1.807) is 0 Å². The first-order valence-electron chi connectivity index (χ1n) is 3.56. The van der Waals surface area contributed by atoms with E-state index in [1.807, 2.05) is 0 Å². The molecule has 2 saturated heterocycles. The molecule has 0 amide bonds. The first-order chi connectivity index (χ1) is 4.45. The van der Waals surface area contributed by atoms with Crippen molar-refractivity contribution in [3.8, 4) is 0 Å². The zero-order chi connectivity index (χ0) is 6.10. The van der Waals surface area contributed by atoms with Crippen LogP contribution in [0.1, 0.15) is 12.8 Å². The van der Waals surface area contributed by atoms with Gasteiger partial charge in [0.25, 0.3) is 0 Å². The van der Waals surface area contributed by atoms with Crippen LogP contribution >= 0.6 is 0 Å². The third kappa shape index (κ3) is 1.08. The van der Waals surface area contributed by atoms with Gasteiger partial charge in [-0.1, -0.05) is 0 Å². The fourth-order valence-corrected chi connectivity index (χ4v) is 1.45. The fourth-order valence-electron chi connectivity index (χ4n) is 1.45. The van der Waals surface area contributed by atoms with Gasteiger partial charge in [0, 0.05) is 13.1 Å². The van der Waals surface area contributed by atoms with Gasteiger partial charge in [-0.3, -0.25) is 10.9 Å². The molecule has 0 aromatic rings. The Morgan fingerprint density at radius 3 is 2.11 bits per heavy atom. The molecule has 2 aliphatic heterocycles. The van der Waals surface area contributed by atoms with E-state index in [0.29, 0.717) is 12.2 Å². The van der Waals surface area contributed by atoms with Crippen molar-refractivity contribution < 1.29 is 4.74 Å². The summed E-state index contributed by atoms with van der Waals surface area (Å²) in [6, 6.07) is 0. The molecular formula is C6H12N2O. The molecular weight excluding hydrogens is 116 g/mol. The Bertz CT molecular complexity index is 95.2. The van der Waals surface area contributed by atoms with Crippen molar-refractivity contribution in [1.29, 1.82) is 0 Å². The largest absolute Gasteiger partial charge is 0.372 e. The standard InChI is InChI=1S/C6H12N2O/c1-2-6-4-8-7-3-5(1)9-6/h5-8H,1-4H2. The molecule has 2 atom stereocenters. The van der Waals surface area contributed by atoms with Crippen LogP contribution in [-0.4, -0.2) is 25.3 Å². The van der Waals surface area contributed by atoms with E-state index in [9.17, 15) is 0 Å². The third-order valence-electron chi connectivity index (χ3n) is 1.98. The van der Waals surface area contributed by atoms with E-state index in [1.165, 1.54) is 12.8 Å². The maximum atomic E-state index is 5.60. The molecule has 0 aliphatic carbocycles. The first-order valence-corrected chi connectivity index (χ1v) is 3.56. The zero-order valence-corrected chi connectivity index (χ0v) is 5.39. The zero-order valence-electron chi connectivity index (χ0n) is 5.39. The Morgan fingerprint density at radius 2 is 1.56 bits per heavy atom. The molecule has 2 N–H and O–H groups in total. The van der Waals surface area contributed by atoms with Crippen LogP contribution in [-0.2, 0) is 4.74 Å². The summed E-state index contributed by atoms with van der Waals surface area (Å²) < 4.78 is 5.60. The van der Waals surface area contributed by atoms with E-state index >= 15 is 0 Å². The summed E-state index contributed by atoms with van der Waals surface area (Å²) in [6.07, 6.45) is 3.42. The molecule has 0 spiro atoms. The third-order valence-corrected chi connectivity index (χ3v) is 1.98. The van der Waals surface area contributed by atoms with Crippen molar-refractivity contribution in [2.75, 3.05) is 13.1 Å². The molecule has 0 aromatic carbocycles. The second-order valence-electron chi connectivity index (χ2n) is 2.72. The summed E-state index contributed by atoms with van der Waals surface area (Å²) in [5.74, 6) is 0. The molecule has 0 radical (unpaired) electrons. The molecule has 2 fully saturated rings. The minimum atomic E-state index is 0.477. The van der Waals surface area contributed by atoms with Crippen LogP contribution in [0.3, 0.4) is 0 Å². The van der Waals surface area contributed by atoms with Crippen molar-refractivity contribution >= 4 is 0 Å². The van der Waals surface area contributed by atoms with Crippen molar-refractivity contribution in [1.82, 2.24) is 10.9 Å². The highest BCUT2D eigenvalue weighted by Crippen LogP contribution is 2.19. The van der Waals surface area contributed by atoms with Crippen LogP contribution in [0, 0.1) is 0 Å². The SMILES string of the molecule is C1CC2CNNCC1O2. The lowest BCUT2D eigenvalue weighted by Crippen LogP contribution is -2.37. The number of hydrogen-bond donors (Lipinski definition) is 2. The fraction of sp³-hybridized carbons (Fsp3) is 1.00. The van der Waals surface area contributed by atoms with Gasteiger partial charge < -0.3 is 4.74 Å². The van der Waals surface area contributed by atoms with Crippen LogP contribution in [0.4, 0.5) is 0 Å². The second-order valence-corrected chi connectivity index (χ2v) is 2.72. The summed E-state index contributed by atoms with van der Waals surface area (Å²) in [5.41, 5.74) is 6.21. The number of fused-ring (bicyclic) bond motifs is 2. The summed E-state index contributed by atoms with van der Waals surface area (Å²) >= 11 is 0. The van der Waals surface area contributed by atoms with Gasteiger partial charge in [-0.05, 0) is 12.8 Å². The van der Waals surface area contributed by atoms with E-state index in [-0.39, 0.29) is 0 Å². The maximum Gasteiger partial charge on any atom is 0.0718 e. The molecule has 52 valence electrons. The number of hydrogen-bond acceptors (Lipinski definition) is 3. The van der Waals surface area contributed by atoms with E-state index in [2.05, 4.69) is 10.9 Å². The van der Waals surface area contributed by atoms with Crippen molar-refractivity contribution in [2.45, 2.75) is 25.0 Å². The van der Waals surface area contributed by atoms with Gasteiger partial charge in [-0.2, -0.15) is 0 Å². The molecule has 2 heterocycles. The molecule has 0 saturated carbocycles. The minimum absolute atomic E-state index is 0.477. The molecule has 9 heavy (non-hydrogen) atoms. The molecule has 2 unspecified atom stereocenters. The van der Waals surface area contributed by atoms with Crippen LogP contribution in [0.15, 0.2) is 0 Å². The van der Waals surface area contributed by atoms with Gasteiger partial charge in [0.1, 0.15) is 0 Å². The predicted octanol–water partition coefficient (Wildman–Crippen LogP) is -0.358. The van der Waals surface area contributed by atoms with Crippen LogP contribution < -0.4 is 10.9 Å². The Morgan fingerprint density at radius 1 is 1.00 bits per heavy atom. The van der Waals surface area contributed by atoms with E-state index < -0.39 is 0 Å². The number of ether oxygens (including phenoxy) is 1. The topological polar surface area (TPSA) is 33.3 Å². The van der Waals surface area contributed by atoms with Crippen molar-refractivity contribution in [3.63, 3.8) is 0 Å². The van der Waals surface area contributed by atoms with Crippen molar-refractivity contribution in [3.05, 3.63) is 0 Å². The Balaban J connectivity index is 1.99.